The van der Waals surface area contributed by atoms with Crippen LogP contribution in [0.4, 0.5) is 4.39 Å². The minimum Gasteiger partial charge on any atom is -0.489 e. The van der Waals surface area contributed by atoms with E-state index in [1.54, 1.807) is 32.2 Å². The Labute approximate surface area is 198 Å². The molecular weight excluding hydrogens is 433 g/mol. The minimum atomic E-state index is -1.10. The first-order chi connectivity index (χ1) is 16.2. The molecule has 2 fully saturated rings. The van der Waals surface area contributed by atoms with E-state index in [2.05, 4.69) is 4.98 Å². The lowest BCUT2D eigenvalue weighted by atomic mass is 9.73. The second kappa shape index (κ2) is 8.60. The van der Waals surface area contributed by atoms with Crippen LogP contribution in [0.3, 0.4) is 0 Å². The molecule has 3 aromatic rings. The van der Waals surface area contributed by atoms with Crippen LogP contribution in [0.1, 0.15) is 43.4 Å². The molecule has 1 aliphatic heterocycles. The third-order valence-electron chi connectivity index (χ3n) is 6.57. The van der Waals surface area contributed by atoms with E-state index >= 15 is 0 Å². The van der Waals surface area contributed by atoms with E-state index in [0.29, 0.717) is 30.2 Å². The average molecular weight is 462 g/mol. The van der Waals surface area contributed by atoms with E-state index in [1.165, 1.54) is 12.1 Å². The molecule has 0 amide bonds. The van der Waals surface area contributed by atoms with Gasteiger partial charge in [0.25, 0.3) is 0 Å². The third kappa shape index (κ3) is 4.48. The van der Waals surface area contributed by atoms with Gasteiger partial charge in [0.2, 0.25) is 0 Å². The summed E-state index contributed by atoms with van der Waals surface area (Å²) in [5, 5.41) is 10.8. The highest BCUT2D eigenvalue weighted by Crippen LogP contribution is 2.38. The maximum Gasteiger partial charge on any atom is 0.152 e. The number of rotatable bonds is 8. The minimum absolute atomic E-state index is 0.0509. The monoisotopic (exact) mass is 461 g/mol. The van der Waals surface area contributed by atoms with Crippen LogP contribution >= 0.6 is 0 Å². The molecule has 2 aliphatic rings. The molecule has 5 nitrogen and oxygen atoms in total. The fourth-order valence-electron chi connectivity index (χ4n) is 4.28. The molecule has 0 radical (unpaired) electrons. The normalized spacial score (nSPS) is 17.2. The summed E-state index contributed by atoms with van der Waals surface area (Å²) in [4.78, 5) is 17.9. The summed E-state index contributed by atoms with van der Waals surface area (Å²) in [6, 6.07) is 15.6. The molecule has 176 valence electrons. The Morgan fingerprint density at radius 2 is 1.82 bits per heavy atom. The molecule has 1 saturated heterocycles. The molecule has 5 rings (SSSR count). The number of hydrogen-bond donors (Lipinski definition) is 1. The van der Waals surface area contributed by atoms with Crippen molar-refractivity contribution in [3.63, 3.8) is 0 Å². The number of aliphatic hydroxyl groups is 1. The van der Waals surface area contributed by atoms with Crippen molar-refractivity contribution in [2.24, 2.45) is 0 Å². The van der Waals surface area contributed by atoms with Gasteiger partial charge in [0.15, 0.2) is 5.78 Å². The molecule has 0 atom stereocenters. The number of halogens is 1. The average Bonchev–Trinajstić information content (AvgIpc) is 3.59. The Bertz CT molecular complexity index is 1190. The molecule has 1 saturated carbocycles. The number of nitrogens with zero attached hydrogens (tertiary/aromatic N) is 1. The Morgan fingerprint density at radius 3 is 2.38 bits per heavy atom. The zero-order valence-corrected chi connectivity index (χ0v) is 19.4. The van der Waals surface area contributed by atoms with Crippen molar-refractivity contribution in [3.05, 3.63) is 83.3 Å². The van der Waals surface area contributed by atoms with Gasteiger partial charge in [-0.3, -0.25) is 9.78 Å². The molecular formula is C28H28FNO4. The molecule has 0 unspecified atom stereocenters. The van der Waals surface area contributed by atoms with Gasteiger partial charge in [-0.2, -0.15) is 0 Å². The summed E-state index contributed by atoms with van der Waals surface area (Å²) >= 11 is 0. The van der Waals surface area contributed by atoms with Crippen LogP contribution in [0.5, 0.6) is 5.75 Å². The second-order valence-electron chi connectivity index (χ2n) is 9.82. The Kier molecular flexibility index (Phi) is 5.74. The maximum atomic E-state index is 13.2. The van der Waals surface area contributed by atoms with Crippen molar-refractivity contribution < 1.29 is 23.8 Å². The lowest BCUT2D eigenvalue weighted by Crippen LogP contribution is -2.53. The standard InChI is InChI=1S/C28H28FNO4/c1-27(2,32)24-14-23(34-22-11-12-22)15-30-26(24)19-5-7-20(8-6-19)28(16-33-17-28)25(31)13-18-3-9-21(29)10-4-18/h3-10,14-15,22,32H,11-13,16-17H2,1-2H3. The summed E-state index contributed by atoms with van der Waals surface area (Å²) in [6.45, 7) is 4.12. The molecule has 1 N–H and O–H groups in total. The van der Waals surface area contributed by atoms with Crippen LogP contribution in [-0.2, 0) is 27.0 Å². The van der Waals surface area contributed by atoms with Crippen LogP contribution in [0.15, 0.2) is 60.8 Å². The topological polar surface area (TPSA) is 68.7 Å². The van der Waals surface area contributed by atoms with Crippen molar-refractivity contribution >= 4 is 5.78 Å². The summed E-state index contributed by atoms with van der Waals surface area (Å²) in [5.74, 6) is 0.395. The smallest absolute Gasteiger partial charge is 0.152 e. The number of aromatic nitrogens is 1. The van der Waals surface area contributed by atoms with Gasteiger partial charge in [0.1, 0.15) is 17.0 Å². The van der Waals surface area contributed by atoms with Gasteiger partial charge in [-0.15, -0.1) is 0 Å². The number of carbonyl (C=O) groups excluding carboxylic acids is 1. The quantitative estimate of drug-likeness (QED) is 0.525. The van der Waals surface area contributed by atoms with E-state index in [9.17, 15) is 14.3 Å². The Hall–Kier alpha value is -3.09. The van der Waals surface area contributed by atoms with Crippen LogP contribution < -0.4 is 4.74 Å². The van der Waals surface area contributed by atoms with E-state index in [0.717, 1.165) is 29.5 Å². The van der Waals surface area contributed by atoms with Gasteiger partial charge in [-0.25, -0.2) is 4.39 Å². The molecule has 1 aromatic heterocycles. The van der Waals surface area contributed by atoms with Crippen molar-refractivity contribution in [2.45, 2.75) is 50.2 Å². The Balaban J connectivity index is 1.41. The van der Waals surface area contributed by atoms with Crippen LogP contribution in [0, 0.1) is 5.82 Å². The highest BCUT2D eigenvalue weighted by atomic mass is 19.1. The number of benzene rings is 2. The zero-order valence-electron chi connectivity index (χ0n) is 19.4. The fraction of sp³-hybridized carbons (Fsp3) is 0.357. The van der Waals surface area contributed by atoms with Crippen LogP contribution in [-0.4, -0.2) is 35.2 Å². The summed E-state index contributed by atoms with van der Waals surface area (Å²) in [7, 11) is 0. The summed E-state index contributed by atoms with van der Waals surface area (Å²) < 4.78 is 24.6. The fourth-order valence-corrected chi connectivity index (χ4v) is 4.28. The predicted octanol–water partition coefficient (Wildman–Crippen LogP) is 4.74. The number of Topliss-reactive ketones (excluding diaryl/α,β-unsaturated/α-hetero) is 1. The largest absolute Gasteiger partial charge is 0.489 e. The number of ketones is 1. The SMILES string of the molecule is CC(C)(O)c1cc(OC2CC2)cnc1-c1ccc(C2(C(=O)Cc3ccc(F)cc3)COC2)cc1. The first kappa shape index (κ1) is 22.7. The second-order valence-corrected chi connectivity index (χ2v) is 9.82. The van der Waals surface area contributed by atoms with Crippen molar-refractivity contribution in [1.29, 1.82) is 0 Å². The van der Waals surface area contributed by atoms with E-state index in [-0.39, 0.29) is 24.1 Å². The highest BCUT2D eigenvalue weighted by Gasteiger charge is 2.46. The van der Waals surface area contributed by atoms with Gasteiger partial charge in [-0.1, -0.05) is 36.4 Å². The van der Waals surface area contributed by atoms with E-state index in [1.807, 2.05) is 30.3 Å². The molecule has 34 heavy (non-hydrogen) atoms. The van der Waals surface area contributed by atoms with Gasteiger partial charge < -0.3 is 14.6 Å². The maximum absolute atomic E-state index is 13.2. The first-order valence-corrected chi connectivity index (χ1v) is 11.6. The molecule has 2 aromatic carbocycles. The molecule has 2 heterocycles. The number of carbonyl (C=O) groups is 1. The van der Waals surface area contributed by atoms with Gasteiger partial charge >= 0.3 is 0 Å². The Morgan fingerprint density at radius 1 is 1.15 bits per heavy atom. The van der Waals surface area contributed by atoms with Crippen molar-refractivity contribution in [1.82, 2.24) is 4.98 Å². The third-order valence-corrected chi connectivity index (χ3v) is 6.57. The summed E-state index contributed by atoms with van der Waals surface area (Å²) in [5.41, 5.74) is 2.07. The van der Waals surface area contributed by atoms with E-state index < -0.39 is 11.0 Å². The summed E-state index contributed by atoms with van der Waals surface area (Å²) in [6.07, 6.45) is 4.26. The number of hydrogen-bond acceptors (Lipinski definition) is 5. The predicted molar refractivity (Wildman–Crippen MR) is 126 cm³/mol. The first-order valence-electron chi connectivity index (χ1n) is 11.6. The number of ether oxygens (including phenoxy) is 2. The molecule has 1 aliphatic carbocycles. The molecule has 0 spiro atoms. The van der Waals surface area contributed by atoms with Gasteiger partial charge in [-0.05, 0) is 56.0 Å². The lowest BCUT2D eigenvalue weighted by Gasteiger charge is -2.40. The van der Waals surface area contributed by atoms with Crippen LogP contribution in [0.25, 0.3) is 11.3 Å². The molecule has 0 bridgehead atoms. The van der Waals surface area contributed by atoms with E-state index in [4.69, 9.17) is 9.47 Å². The lowest BCUT2D eigenvalue weighted by molar-refractivity contribution is -0.142. The van der Waals surface area contributed by atoms with Crippen molar-refractivity contribution in [3.8, 4) is 17.0 Å². The number of pyridine rings is 1. The van der Waals surface area contributed by atoms with Gasteiger partial charge in [0.05, 0.1) is 36.8 Å². The van der Waals surface area contributed by atoms with Gasteiger partial charge in [0, 0.05) is 17.5 Å². The van der Waals surface area contributed by atoms with Crippen molar-refractivity contribution in [2.75, 3.05) is 13.2 Å². The zero-order chi connectivity index (χ0) is 23.9. The highest BCUT2D eigenvalue weighted by molar-refractivity contribution is 5.93. The molecule has 6 heteroatoms. The van der Waals surface area contributed by atoms with Crippen LogP contribution in [0.2, 0.25) is 0 Å².